The molecule has 0 fully saturated rings. The number of benzene rings is 1. The third-order valence-corrected chi connectivity index (χ3v) is 4.50. The van der Waals surface area contributed by atoms with Gasteiger partial charge >= 0.3 is 0 Å². The van der Waals surface area contributed by atoms with Crippen LogP contribution in [0.4, 0.5) is 5.82 Å². The molecule has 0 aliphatic rings. The Bertz CT molecular complexity index is 593. The second-order valence-electron chi connectivity index (χ2n) is 5.04. The van der Waals surface area contributed by atoms with Crippen LogP contribution < -0.4 is 5.32 Å². The first-order valence-electron chi connectivity index (χ1n) is 7.05. The number of pyridine rings is 1. The van der Waals surface area contributed by atoms with Crippen molar-refractivity contribution in [1.82, 2.24) is 4.98 Å². The van der Waals surface area contributed by atoms with E-state index in [2.05, 4.69) is 41.5 Å². The maximum atomic E-state index is 12.3. The van der Waals surface area contributed by atoms with Gasteiger partial charge in [0.05, 0.1) is 5.25 Å². The summed E-state index contributed by atoms with van der Waals surface area (Å²) < 4.78 is 0. The molecule has 1 heterocycles. The van der Waals surface area contributed by atoms with Gasteiger partial charge in [-0.25, -0.2) is 4.98 Å². The van der Waals surface area contributed by atoms with Gasteiger partial charge in [0.1, 0.15) is 5.82 Å². The van der Waals surface area contributed by atoms with Crippen molar-refractivity contribution < 1.29 is 4.79 Å². The van der Waals surface area contributed by atoms with Crippen LogP contribution >= 0.6 is 11.8 Å². The lowest BCUT2D eigenvalue weighted by atomic mass is 10.2. The third kappa shape index (κ3) is 4.60. The Balaban J connectivity index is 2.01. The van der Waals surface area contributed by atoms with Crippen LogP contribution in [0.15, 0.2) is 47.5 Å². The summed E-state index contributed by atoms with van der Waals surface area (Å²) in [6, 6.07) is 12.0. The van der Waals surface area contributed by atoms with Gasteiger partial charge in [-0.3, -0.25) is 4.79 Å². The first-order valence-corrected chi connectivity index (χ1v) is 7.93. The molecule has 0 spiro atoms. The molecule has 1 unspecified atom stereocenters. The molecule has 1 atom stereocenters. The highest BCUT2D eigenvalue weighted by molar-refractivity contribution is 8.00. The molecule has 0 aliphatic heterocycles. The van der Waals surface area contributed by atoms with Crippen molar-refractivity contribution in [3.8, 4) is 0 Å². The minimum Gasteiger partial charge on any atom is -0.310 e. The van der Waals surface area contributed by atoms with E-state index in [0.29, 0.717) is 5.82 Å². The largest absolute Gasteiger partial charge is 0.310 e. The zero-order valence-corrected chi connectivity index (χ0v) is 13.4. The predicted molar refractivity (Wildman–Crippen MR) is 88.7 cm³/mol. The van der Waals surface area contributed by atoms with E-state index >= 15 is 0 Å². The number of nitrogens with zero attached hydrogens (tertiary/aromatic N) is 1. The molecule has 21 heavy (non-hydrogen) atoms. The Morgan fingerprint density at radius 3 is 2.38 bits per heavy atom. The molecule has 1 amide bonds. The standard InChI is InChI=1S/C17H20N2OS/c1-4-15(21-14-8-5-12(2)6-9-14)17(20)19-16-10-7-13(3)11-18-16/h5-11,15H,4H2,1-3H3,(H,18,19,20). The average Bonchev–Trinajstić information content (AvgIpc) is 2.49. The summed E-state index contributed by atoms with van der Waals surface area (Å²) in [4.78, 5) is 17.7. The lowest BCUT2D eigenvalue weighted by molar-refractivity contribution is -0.115. The number of hydrogen-bond donors (Lipinski definition) is 1. The minimum absolute atomic E-state index is 0.000530. The Kier molecular flexibility index (Phi) is 5.39. The fourth-order valence-corrected chi connectivity index (χ4v) is 2.81. The van der Waals surface area contributed by atoms with E-state index in [1.54, 1.807) is 18.0 Å². The highest BCUT2D eigenvalue weighted by atomic mass is 32.2. The number of carbonyl (C=O) groups is 1. The Labute approximate surface area is 130 Å². The number of hydrogen-bond acceptors (Lipinski definition) is 3. The molecule has 1 aromatic carbocycles. The summed E-state index contributed by atoms with van der Waals surface area (Å²) in [7, 11) is 0. The molecule has 110 valence electrons. The highest BCUT2D eigenvalue weighted by Gasteiger charge is 2.18. The normalized spacial score (nSPS) is 12.0. The van der Waals surface area contributed by atoms with Crippen molar-refractivity contribution in [3.05, 3.63) is 53.7 Å². The molecule has 0 saturated carbocycles. The second-order valence-corrected chi connectivity index (χ2v) is 6.31. The highest BCUT2D eigenvalue weighted by Crippen LogP contribution is 2.26. The zero-order valence-electron chi connectivity index (χ0n) is 12.6. The maximum Gasteiger partial charge on any atom is 0.239 e. The molecule has 1 N–H and O–H groups in total. The van der Waals surface area contributed by atoms with Crippen molar-refractivity contribution >= 4 is 23.5 Å². The van der Waals surface area contributed by atoms with Crippen LogP contribution in [0, 0.1) is 13.8 Å². The molecule has 0 radical (unpaired) electrons. The van der Waals surface area contributed by atoms with E-state index in [4.69, 9.17) is 0 Å². The lowest BCUT2D eigenvalue weighted by Gasteiger charge is -2.14. The topological polar surface area (TPSA) is 42.0 Å². The first-order chi connectivity index (χ1) is 10.1. The first kappa shape index (κ1) is 15.6. The number of amides is 1. The molecule has 4 heteroatoms. The molecular weight excluding hydrogens is 280 g/mol. The van der Waals surface area contributed by atoms with Crippen molar-refractivity contribution in [2.75, 3.05) is 5.32 Å². The average molecular weight is 300 g/mol. The maximum absolute atomic E-state index is 12.3. The van der Waals surface area contributed by atoms with Gasteiger partial charge in [0.2, 0.25) is 5.91 Å². The van der Waals surface area contributed by atoms with Gasteiger partial charge in [-0.1, -0.05) is 30.7 Å². The Morgan fingerprint density at radius 1 is 1.14 bits per heavy atom. The number of aryl methyl sites for hydroxylation is 2. The summed E-state index contributed by atoms with van der Waals surface area (Å²) in [6.07, 6.45) is 2.53. The van der Waals surface area contributed by atoms with Crippen LogP contribution in [-0.2, 0) is 4.79 Å². The van der Waals surface area contributed by atoms with Gasteiger partial charge in [0, 0.05) is 11.1 Å². The zero-order chi connectivity index (χ0) is 15.2. The molecule has 3 nitrogen and oxygen atoms in total. The van der Waals surface area contributed by atoms with Gasteiger partial charge < -0.3 is 5.32 Å². The minimum atomic E-state index is -0.115. The summed E-state index contributed by atoms with van der Waals surface area (Å²) >= 11 is 1.59. The van der Waals surface area contributed by atoms with E-state index in [1.807, 2.05) is 26.0 Å². The molecule has 1 aromatic heterocycles. The smallest absolute Gasteiger partial charge is 0.239 e. The van der Waals surface area contributed by atoms with Crippen LogP contribution in [-0.4, -0.2) is 16.1 Å². The summed E-state index contributed by atoms with van der Waals surface area (Å²) in [5.41, 5.74) is 2.30. The van der Waals surface area contributed by atoms with E-state index in [0.717, 1.165) is 16.9 Å². The molecule has 0 aliphatic carbocycles. The van der Waals surface area contributed by atoms with Crippen molar-refractivity contribution in [1.29, 1.82) is 0 Å². The van der Waals surface area contributed by atoms with Gasteiger partial charge in [-0.15, -0.1) is 11.8 Å². The van der Waals surface area contributed by atoms with Crippen LogP contribution in [0.2, 0.25) is 0 Å². The van der Waals surface area contributed by atoms with Crippen molar-refractivity contribution in [3.63, 3.8) is 0 Å². The van der Waals surface area contributed by atoms with E-state index in [9.17, 15) is 4.79 Å². The number of carbonyl (C=O) groups excluding carboxylic acids is 1. The molecule has 0 bridgehead atoms. The van der Waals surface area contributed by atoms with Crippen LogP contribution in [0.1, 0.15) is 24.5 Å². The molecule has 2 rings (SSSR count). The van der Waals surface area contributed by atoms with Crippen LogP contribution in [0.5, 0.6) is 0 Å². The van der Waals surface area contributed by atoms with Gasteiger partial charge in [0.25, 0.3) is 0 Å². The van der Waals surface area contributed by atoms with Gasteiger partial charge in [-0.05, 0) is 44.0 Å². The number of thioether (sulfide) groups is 1. The Morgan fingerprint density at radius 2 is 1.81 bits per heavy atom. The number of anilines is 1. The number of nitrogens with one attached hydrogen (secondary N) is 1. The SMILES string of the molecule is CCC(Sc1ccc(C)cc1)C(=O)Nc1ccc(C)cn1. The predicted octanol–water partition coefficient (Wildman–Crippen LogP) is 4.21. The summed E-state index contributed by atoms with van der Waals surface area (Å²) in [5.74, 6) is 0.605. The van der Waals surface area contributed by atoms with Crippen LogP contribution in [0.3, 0.4) is 0 Å². The fourth-order valence-electron chi connectivity index (χ4n) is 1.85. The molecule has 0 saturated heterocycles. The van der Waals surface area contributed by atoms with Crippen molar-refractivity contribution in [2.24, 2.45) is 0 Å². The Hall–Kier alpha value is -1.81. The van der Waals surface area contributed by atoms with E-state index in [1.165, 1.54) is 5.56 Å². The quantitative estimate of drug-likeness (QED) is 0.841. The van der Waals surface area contributed by atoms with E-state index in [-0.39, 0.29) is 11.2 Å². The second kappa shape index (κ2) is 7.27. The number of aromatic nitrogens is 1. The van der Waals surface area contributed by atoms with Gasteiger partial charge in [-0.2, -0.15) is 0 Å². The fraction of sp³-hybridized carbons (Fsp3) is 0.294. The monoisotopic (exact) mass is 300 g/mol. The summed E-state index contributed by atoms with van der Waals surface area (Å²) in [6.45, 7) is 6.05. The molecule has 2 aromatic rings. The van der Waals surface area contributed by atoms with Crippen molar-refractivity contribution in [2.45, 2.75) is 37.3 Å². The van der Waals surface area contributed by atoms with E-state index < -0.39 is 0 Å². The third-order valence-electron chi connectivity index (χ3n) is 3.13. The number of rotatable bonds is 5. The van der Waals surface area contributed by atoms with Crippen LogP contribution in [0.25, 0.3) is 0 Å². The summed E-state index contributed by atoms with van der Waals surface area (Å²) in [5, 5.41) is 2.77. The molecular formula is C17H20N2OS. The van der Waals surface area contributed by atoms with Gasteiger partial charge in [0.15, 0.2) is 0 Å². The lowest BCUT2D eigenvalue weighted by Crippen LogP contribution is -2.25.